The Morgan fingerprint density at radius 1 is 1.27 bits per heavy atom. The zero-order chi connectivity index (χ0) is 15.4. The highest BCUT2D eigenvalue weighted by Gasteiger charge is 2.18. The van der Waals surface area contributed by atoms with Gasteiger partial charge in [0.25, 0.3) is 5.91 Å². The molecule has 116 valence electrons. The molecule has 0 saturated carbocycles. The number of hydrogen-bond acceptors (Lipinski definition) is 6. The van der Waals surface area contributed by atoms with E-state index in [2.05, 4.69) is 10.2 Å². The molecule has 0 N–H and O–H groups in total. The predicted molar refractivity (Wildman–Crippen MR) is 87.4 cm³/mol. The number of hydrogen-bond donors (Lipinski definition) is 0. The van der Waals surface area contributed by atoms with Crippen LogP contribution in [0.15, 0.2) is 28.6 Å². The first-order valence-electron chi connectivity index (χ1n) is 7.11. The minimum atomic E-state index is 0.0854. The average molecular weight is 335 g/mol. The molecule has 5 nitrogen and oxygen atoms in total. The van der Waals surface area contributed by atoms with Gasteiger partial charge in [-0.1, -0.05) is 35.2 Å². The summed E-state index contributed by atoms with van der Waals surface area (Å²) < 4.78 is 6.25. The molecule has 1 aliphatic heterocycles. The van der Waals surface area contributed by atoms with Crippen molar-refractivity contribution in [2.75, 3.05) is 26.3 Å². The lowest BCUT2D eigenvalue weighted by Crippen LogP contribution is -2.40. The maximum absolute atomic E-state index is 12.3. The van der Waals surface area contributed by atoms with E-state index in [1.165, 1.54) is 5.56 Å². The van der Waals surface area contributed by atoms with Gasteiger partial charge in [-0.15, -0.1) is 10.2 Å². The highest BCUT2D eigenvalue weighted by Crippen LogP contribution is 2.25. The van der Waals surface area contributed by atoms with Crippen LogP contribution >= 0.6 is 23.1 Å². The lowest BCUT2D eigenvalue weighted by molar-refractivity contribution is 0.0303. The molecule has 2 aromatic rings. The second kappa shape index (κ2) is 7.21. The summed E-state index contributed by atoms with van der Waals surface area (Å²) in [4.78, 5) is 14.2. The van der Waals surface area contributed by atoms with Crippen molar-refractivity contribution >= 4 is 29.0 Å². The van der Waals surface area contributed by atoms with Crippen LogP contribution in [0.5, 0.6) is 0 Å². The Kier molecular flexibility index (Phi) is 5.07. The second-order valence-electron chi connectivity index (χ2n) is 4.98. The molecule has 7 heteroatoms. The molecule has 0 bridgehead atoms. The number of ether oxygens (including phenoxy) is 1. The first-order valence-corrected chi connectivity index (χ1v) is 8.91. The molecule has 3 rings (SSSR count). The molecule has 2 heterocycles. The largest absolute Gasteiger partial charge is 0.378 e. The van der Waals surface area contributed by atoms with Crippen LogP contribution in [-0.2, 0) is 10.5 Å². The summed E-state index contributed by atoms with van der Waals surface area (Å²) in [6.07, 6.45) is 0. The molecule has 1 amide bonds. The van der Waals surface area contributed by atoms with Crippen molar-refractivity contribution in [3.05, 3.63) is 40.4 Å². The molecule has 1 aromatic carbocycles. The Hall–Kier alpha value is -1.44. The monoisotopic (exact) mass is 335 g/mol. The number of morpholine rings is 1. The van der Waals surface area contributed by atoms with Crippen molar-refractivity contribution in [2.24, 2.45) is 0 Å². The maximum atomic E-state index is 12.3. The zero-order valence-electron chi connectivity index (χ0n) is 12.3. The normalized spacial score (nSPS) is 15.0. The number of aryl methyl sites for hydroxylation is 1. The van der Waals surface area contributed by atoms with E-state index in [-0.39, 0.29) is 5.91 Å². The van der Waals surface area contributed by atoms with Crippen LogP contribution in [0.2, 0.25) is 0 Å². The molecule has 22 heavy (non-hydrogen) atoms. The Morgan fingerprint density at radius 3 is 2.64 bits per heavy atom. The first kappa shape index (κ1) is 15.5. The van der Waals surface area contributed by atoms with Gasteiger partial charge >= 0.3 is 0 Å². The van der Waals surface area contributed by atoms with Crippen LogP contribution in [0.25, 0.3) is 0 Å². The molecule has 1 saturated heterocycles. The number of rotatable bonds is 4. The third kappa shape index (κ3) is 3.85. The zero-order valence-corrected chi connectivity index (χ0v) is 14.0. The summed E-state index contributed by atoms with van der Waals surface area (Å²) in [6.45, 7) is 4.55. The molecular formula is C15H17N3O2S2. The lowest BCUT2D eigenvalue weighted by Gasteiger charge is -2.26. The van der Waals surface area contributed by atoms with Crippen molar-refractivity contribution in [3.63, 3.8) is 0 Å². The van der Waals surface area contributed by atoms with Gasteiger partial charge in [-0.2, -0.15) is 0 Å². The Labute approximate surface area is 137 Å². The molecule has 0 atom stereocenters. The Balaban J connectivity index is 1.58. The smallest absolute Gasteiger partial charge is 0.254 e. The highest BCUT2D eigenvalue weighted by atomic mass is 32.2. The fraction of sp³-hybridized carbons (Fsp3) is 0.400. The van der Waals surface area contributed by atoms with E-state index in [1.807, 2.05) is 36.1 Å². The van der Waals surface area contributed by atoms with Gasteiger partial charge in [0.1, 0.15) is 5.01 Å². The first-order chi connectivity index (χ1) is 10.7. The van der Waals surface area contributed by atoms with Crippen molar-refractivity contribution in [3.8, 4) is 0 Å². The molecular weight excluding hydrogens is 318 g/mol. The number of aromatic nitrogens is 2. The van der Waals surface area contributed by atoms with Gasteiger partial charge < -0.3 is 9.64 Å². The number of thioether (sulfide) groups is 1. The SMILES string of the molecule is Cc1nnc(SCc2ccc(C(=O)N3CCOCC3)cc2)s1. The summed E-state index contributed by atoms with van der Waals surface area (Å²) in [6, 6.07) is 7.82. The van der Waals surface area contributed by atoms with Gasteiger partial charge in [0.15, 0.2) is 4.34 Å². The summed E-state index contributed by atoms with van der Waals surface area (Å²) in [5.41, 5.74) is 1.92. The number of carbonyl (C=O) groups is 1. The number of carbonyl (C=O) groups excluding carboxylic acids is 1. The summed E-state index contributed by atoms with van der Waals surface area (Å²) in [5.74, 6) is 0.919. The van der Waals surface area contributed by atoms with Crippen molar-refractivity contribution in [2.45, 2.75) is 17.0 Å². The molecule has 1 fully saturated rings. The molecule has 0 spiro atoms. The topological polar surface area (TPSA) is 55.3 Å². The number of nitrogens with zero attached hydrogens (tertiary/aromatic N) is 3. The van der Waals surface area contributed by atoms with E-state index in [0.717, 1.165) is 20.7 Å². The van der Waals surface area contributed by atoms with E-state index in [9.17, 15) is 4.79 Å². The van der Waals surface area contributed by atoms with Crippen LogP contribution in [0, 0.1) is 6.92 Å². The molecule has 1 aromatic heterocycles. The molecule has 1 aliphatic rings. The van der Waals surface area contributed by atoms with Gasteiger partial charge in [-0.3, -0.25) is 4.79 Å². The van der Waals surface area contributed by atoms with E-state index < -0.39 is 0 Å². The van der Waals surface area contributed by atoms with Crippen LogP contribution in [0.1, 0.15) is 20.9 Å². The molecule has 0 aliphatic carbocycles. The maximum Gasteiger partial charge on any atom is 0.254 e. The summed E-state index contributed by atoms with van der Waals surface area (Å²) >= 11 is 3.27. The van der Waals surface area contributed by atoms with E-state index in [4.69, 9.17) is 4.74 Å². The number of amides is 1. The fourth-order valence-corrected chi connectivity index (χ4v) is 3.95. The van der Waals surface area contributed by atoms with Gasteiger partial charge in [0.2, 0.25) is 0 Å². The number of benzene rings is 1. The molecule has 0 radical (unpaired) electrons. The van der Waals surface area contributed by atoms with Crippen LogP contribution in [0.4, 0.5) is 0 Å². The van der Waals surface area contributed by atoms with E-state index >= 15 is 0 Å². The van der Waals surface area contributed by atoms with Crippen molar-refractivity contribution in [1.29, 1.82) is 0 Å². The predicted octanol–water partition coefficient (Wildman–Crippen LogP) is 2.61. The van der Waals surface area contributed by atoms with Gasteiger partial charge in [0.05, 0.1) is 13.2 Å². The lowest BCUT2D eigenvalue weighted by atomic mass is 10.1. The Bertz CT molecular complexity index is 636. The quantitative estimate of drug-likeness (QED) is 0.804. The average Bonchev–Trinajstić information content (AvgIpc) is 2.99. The minimum absolute atomic E-state index is 0.0854. The van der Waals surface area contributed by atoms with Crippen molar-refractivity contribution < 1.29 is 9.53 Å². The summed E-state index contributed by atoms with van der Waals surface area (Å²) in [5, 5.41) is 9.08. The van der Waals surface area contributed by atoms with Crippen LogP contribution in [-0.4, -0.2) is 47.3 Å². The van der Waals surface area contributed by atoms with E-state index in [0.29, 0.717) is 26.3 Å². The second-order valence-corrected chi connectivity index (χ2v) is 7.38. The third-order valence-electron chi connectivity index (χ3n) is 3.37. The summed E-state index contributed by atoms with van der Waals surface area (Å²) in [7, 11) is 0. The fourth-order valence-electron chi connectivity index (χ4n) is 2.17. The van der Waals surface area contributed by atoms with Crippen LogP contribution in [0.3, 0.4) is 0 Å². The Morgan fingerprint density at radius 2 is 2.00 bits per heavy atom. The van der Waals surface area contributed by atoms with Gasteiger partial charge in [0, 0.05) is 24.4 Å². The molecule has 0 unspecified atom stereocenters. The van der Waals surface area contributed by atoms with Gasteiger partial charge in [-0.25, -0.2) is 0 Å². The standard InChI is InChI=1S/C15H17N3O2S2/c1-11-16-17-15(22-11)21-10-12-2-4-13(5-3-12)14(19)18-6-8-20-9-7-18/h2-5H,6-10H2,1H3. The minimum Gasteiger partial charge on any atom is -0.378 e. The van der Waals surface area contributed by atoms with Crippen molar-refractivity contribution in [1.82, 2.24) is 15.1 Å². The van der Waals surface area contributed by atoms with Crippen LogP contribution < -0.4 is 0 Å². The van der Waals surface area contributed by atoms with Gasteiger partial charge in [-0.05, 0) is 24.6 Å². The third-order valence-corrected chi connectivity index (χ3v) is 5.41. The van der Waals surface area contributed by atoms with E-state index in [1.54, 1.807) is 23.1 Å². The highest BCUT2D eigenvalue weighted by molar-refractivity contribution is 8.00.